The number of amides is 1. The van der Waals surface area contributed by atoms with Crippen LogP contribution in [0.3, 0.4) is 0 Å². The topological polar surface area (TPSA) is 29.5 Å². The number of halogens is 1. The summed E-state index contributed by atoms with van der Waals surface area (Å²) in [6.45, 7) is 3.24. The van der Waals surface area contributed by atoms with Gasteiger partial charge >= 0.3 is 0 Å². The number of hydrogen-bond acceptors (Lipinski definition) is 3. The van der Waals surface area contributed by atoms with Crippen LogP contribution in [0, 0.1) is 6.92 Å². The Balaban J connectivity index is 2.22. The van der Waals surface area contributed by atoms with Gasteiger partial charge in [-0.1, -0.05) is 11.6 Å². The second-order valence-electron chi connectivity index (χ2n) is 4.99. The van der Waals surface area contributed by atoms with Gasteiger partial charge < -0.3 is 9.64 Å². The van der Waals surface area contributed by atoms with E-state index in [1.165, 1.54) is 0 Å². The number of hydrogen-bond donors (Lipinski definition) is 0. The summed E-state index contributed by atoms with van der Waals surface area (Å²) >= 11 is 5.41. The fraction of sp³-hybridized carbons (Fsp3) is 0.533. The molecule has 2 rings (SSSR count). The molecular formula is C15H20BrNO2S. The third-order valence-electron chi connectivity index (χ3n) is 3.50. The summed E-state index contributed by atoms with van der Waals surface area (Å²) in [6, 6.07) is 6.23. The molecular weight excluding hydrogens is 338 g/mol. The number of rotatable bonds is 5. The summed E-state index contributed by atoms with van der Waals surface area (Å²) in [5.41, 5.74) is 1.85. The number of thioether (sulfide) groups is 1. The lowest BCUT2D eigenvalue weighted by atomic mass is 10.1. The number of carbonyl (C=O) groups excluding carboxylic acids is 1. The van der Waals surface area contributed by atoms with E-state index < -0.39 is 0 Å². The van der Waals surface area contributed by atoms with Crippen molar-refractivity contribution >= 4 is 33.6 Å². The zero-order chi connectivity index (χ0) is 14.5. The molecule has 1 heterocycles. The van der Waals surface area contributed by atoms with Crippen LogP contribution in [0.4, 0.5) is 0 Å². The fourth-order valence-electron chi connectivity index (χ4n) is 2.37. The maximum Gasteiger partial charge on any atom is 0.255 e. The largest absolute Gasteiger partial charge is 0.383 e. The average Bonchev–Trinajstić information content (AvgIpc) is 2.95. The summed E-state index contributed by atoms with van der Waals surface area (Å²) in [5.74, 6) is 2.26. The Kier molecular flexibility index (Phi) is 5.93. The van der Waals surface area contributed by atoms with Crippen LogP contribution in [-0.2, 0) is 4.74 Å². The van der Waals surface area contributed by atoms with Crippen LogP contribution in [0.15, 0.2) is 22.7 Å². The molecule has 20 heavy (non-hydrogen) atoms. The van der Waals surface area contributed by atoms with Gasteiger partial charge in [-0.25, -0.2) is 0 Å². The molecule has 0 saturated carbocycles. The highest BCUT2D eigenvalue weighted by Gasteiger charge is 2.28. The molecule has 0 aliphatic carbocycles. The van der Waals surface area contributed by atoms with Gasteiger partial charge in [-0.15, -0.1) is 0 Å². The van der Waals surface area contributed by atoms with Crippen molar-refractivity contribution < 1.29 is 9.53 Å². The van der Waals surface area contributed by atoms with Crippen LogP contribution in [0.2, 0.25) is 0 Å². The van der Waals surface area contributed by atoms with E-state index >= 15 is 0 Å². The summed E-state index contributed by atoms with van der Waals surface area (Å²) in [5, 5.41) is 0. The first kappa shape index (κ1) is 15.9. The molecule has 110 valence electrons. The van der Waals surface area contributed by atoms with Crippen molar-refractivity contribution in [3.8, 4) is 0 Å². The van der Waals surface area contributed by atoms with Gasteiger partial charge in [0.25, 0.3) is 5.91 Å². The second-order valence-corrected chi connectivity index (χ2v) is 7.00. The van der Waals surface area contributed by atoms with E-state index in [1.54, 1.807) is 7.11 Å². The third-order valence-corrected chi connectivity index (χ3v) is 5.33. The summed E-state index contributed by atoms with van der Waals surface area (Å²) in [4.78, 5) is 14.8. The van der Waals surface area contributed by atoms with E-state index in [4.69, 9.17) is 4.74 Å². The smallest absolute Gasteiger partial charge is 0.255 e. The van der Waals surface area contributed by atoms with Gasteiger partial charge in [-0.2, -0.15) is 11.8 Å². The zero-order valence-electron chi connectivity index (χ0n) is 11.9. The molecule has 1 fully saturated rings. The Labute approximate surface area is 133 Å². The Bertz CT molecular complexity index is 475. The Morgan fingerprint density at radius 3 is 3.00 bits per heavy atom. The van der Waals surface area contributed by atoms with E-state index in [2.05, 4.69) is 15.9 Å². The van der Waals surface area contributed by atoms with Crippen LogP contribution in [0.5, 0.6) is 0 Å². The number of ether oxygens (including phenoxy) is 1. The highest BCUT2D eigenvalue weighted by atomic mass is 79.9. The average molecular weight is 358 g/mol. The quantitative estimate of drug-likeness (QED) is 0.809. The summed E-state index contributed by atoms with van der Waals surface area (Å²) in [6.07, 6.45) is 1.07. The second kappa shape index (κ2) is 7.48. The lowest BCUT2D eigenvalue weighted by molar-refractivity contribution is 0.0623. The molecule has 1 unspecified atom stereocenters. The predicted molar refractivity (Wildman–Crippen MR) is 87.5 cm³/mol. The molecule has 1 aliphatic heterocycles. The number of methoxy groups -OCH3 is 1. The molecule has 0 N–H and O–H groups in total. The van der Waals surface area contributed by atoms with Crippen LogP contribution in [0.1, 0.15) is 22.3 Å². The van der Waals surface area contributed by atoms with E-state index in [0.29, 0.717) is 19.2 Å². The van der Waals surface area contributed by atoms with Gasteiger partial charge in [-0.3, -0.25) is 4.79 Å². The minimum Gasteiger partial charge on any atom is -0.383 e. The van der Waals surface area contributed by atoms with Gasteiger partial charge in [0.15, 0.2) is 0 Å². The SMILES string of the molecule is COCCN(C(=O)c1cc(C)ccc1Br)C1CCSC1. The maximum atomic E-state index is 12.8. The van der Waals surface area contributed by atoms with Crippen molar-refractivity contribution in [2.45, 2.75) is 19.4 Å². The number of carbonyl (C=O) groups is 1. The van der Waals surface area contributed by atoms with E-state index in [-0.39, 0.29) is 5.91 Å². The van der Waals surface area contributed by atoms with Crippen molar-refractivity contribution in [3.63, 3.8) is 0 Å². The van der Waals surface area contributed by atoms with Crippen molar-refractivity contribution in [2.75, 3.05) is 31.8 Å². The van der Waals surface area contributed by atoms with E-state index in [1.807, 2.05) is 41.8 Å². The molecule has 0 spiro atoms. The molecule has 0 radical (unpaired) electrons. The molecule has 3 nitrogen and oxygen atoms in total. The summed E-state index contributed by atoms with van der Waals surface area (Å²) < 4.78 is 6.02. The van der Waals surface area contributed by atoms with Crippen LogP contribution < -0.4 is 0 Å². The van der Waals surface area contributed by atoms with Crippen molar-refractivity contribution in [2.24, 2.45) is 0 Å². The maximum absolute atomic E-state index is 12.8. The van der Waals surface area contributed by atoms with E-state index in [9.17, 15) is 4.79 Å². The van der Waals surface area contributed by atoms with Crippen LogP contribution in [0.25, 0.3) is 0 Å². The highest BCUT2D eigenvalue weighted by molar-refractivity contribution is 9.10. The lowest BCUT2D eigenvalue weighted by Crippen LogP contribution is -2.42. The minimum absolute atomic E-state index is 0.102. The first-order chi connectivity index (χ1) is 9.63. The molecule has 1 saturated heterocycles. The molecule has 1 atom stereocenters. The standard InChI is InChI=1S/C15H20BrNO2S/c1-11-3-4-14(16)13(9-11)15(18)17(6-7-19-2)12-5-8-20-10-12/h3-4,9,12H,5-8,10H2,1-2H3. The first-order valence-corrected chi connectivity index (χ1v) is 8.72. The summed E-state index contributed by atoms with van der Waals surface area (Å²) in [7, 11) is 1.68. The Morgan fingerprint density at radius 2 is 2.35 bits per heavy atom. The minimum atomic E-state index is 0.102. The monoisotopic (exact) mass is 357 g/mol. The van der Waals surface area contributed by atoms with Crippen molar-refractivity contribution in [3.05, 3.63) is 33.8 Å². The highest BCUT2D eigenvalue weighted by Crippen LogP contribution is 2.26. The first-order valence-electron chi connectivity index (χ1n) is 6.77. The van der Waals surface area contributed by atoms with Gasteiger partial charge in [0.05, 0.1) is 12.2 Å². The number of aryl methyl sites for hydroxylation is 1. The third kappa shape index (κ3) is 3.77. The fourth-order valence-corrected chi connectivity index (χ4v) is 4.01. The number of benzene rings is 1. The molecule has 1 aromatic rings. The normalized spacial score (nSPS) is 18.2. The molecule has 0 bridgehead atoms. The van der Waals surface area contributed by atoms with Gasteiger partial charge in [0.1, 0.15) is 0 Å². The van der Waals surface area contributed by atoms with E-state index in [0.717, 1.165) is 33.5 Å². The van der Waals surface area contributed by atoms with Crippen molar-refractivity contribution in [1.29, 1.82) is 0 Å². The predicted octanol–water partition coefficient (Wildman–Crippen LogP) is 3.35. The Hall–Kier alpha value is -0.520. The molecule has 5 heteroatoms. The molecule has 1 amide bonds. The van der Waals surface area contributed by atoms with Gasteiger partial charge in [0.2, 0.25) is 0 Å². The van der Waals surface area contributed by atoms with Crippen molar-refractivity contribution in [1.82, 2.24) is 4.90 Å². The van der Waals surface area contributed by atoms with Crippen LogP contribution >= 0.6 is 27.7 Å². The Morgan fingerprint density at radius 1 is 1.55 bits per heavy atom. The van der Waals surface area contributed by atoms with Gasteiger partial charge in [0, 0.05) is 29.9 Å². The van der Waals surface area contributed by atoms with Gasteiger partial charge in [-0.05, 0) is 47.2 Å². The molecule has 0 aromatic heterocycles. The zero-order valence-corrected chi connectivity index (χ0v) is 14.3. The molecule has 1 aromatic carbocycles. The number of nitrogens with zero attached hydrogens (tertiary/aromatic N) is 1. The molecule has 1 aliphatic rings. The lowest BCUT2D eigenvalue weighted by Gasteiger charge is -2.29. The van der Waals surface area contributed by atoms with Crippen LogP contribution in [-0.4, -0.2) is 48.6 Å².